The number of nitrogens with zero attached hydrogens (tertiary/aromatic N) is 2. The molecule has 1 N–H and O–H groups in total. The van der Waals surface area contributed by atoms with E-state index in [9.17, 15) is 10.1 Å². The summed E-state index contributed by atoms with van der Waals surface area (Å²) in [7, 11) is 0. The van der Waals surface area contributed by atoms with Gasteiger partial charge >= 0.3 is 0 Å². The van der Waals surface area contributed by atoms with Gasteiger partial charge in [0.1, 0.15) is 0 Å². The summed E-state index contributed by atoms with van der Waals surface area (Å²) >= 11 is 1.24. The molecule has 0 aliphatic heterocycles. The molecule has 0 radical (unpaired) electrons. The number of rotatable bonds is 3. The standard InChI is InChI=1S/C5H7N3O2S/c1-2-4-3-11-5(6-4)7-8(9)10/h3H,2H2,1H3,(H,6,7). The van der Waals surface area contributed by atoms with Crippen molar-refractivity contribution < 1.29 is 5.03 Å². The molecule has 0 unspecified atom stereocenters. The van der Waals surface area contributed by atoms with Gasteiger partial charge in [0.2, 0.25) is 5.13 Å². The molecule has 6 heteroatoms. The Balaban J connectivity index is 2.65. The van der Waals surface area contributed by atoms with Gasteiger partial charge in [-0.05, 0) is 6.42 Å². The van der Waals surface area contributed by atoms with Gasteiger partial charge in [-0.25, -0.2) is 15.1 Å². The van der Waals surface area contributed by atoms with Crippen molar-refractivity contribution >= 4 is 16.5 Å². The maximum Gasteiger partial charge on any atom is 0.246 e. The van der Waals surface area contributed by atoms with Crippen LogP contribution in [0.4, 0.5) is 5.13 Å². The number of aryl methyl sites for hydroxylation is 1. The Bertz CT molecular complexity index is 260. The van der Waals surface area contributed by atoms with Crippen molar-refractivity contribution in [2.45, 2.75) is 13.3 Å². The van der Waals surface area contributed by atoms with E-state index in [0.717, 1.165) is 12.1 Å². The summed E-state index contributed by atoms with van der Waals surface area (Å²) < 4.78 is 0. The van der Waals surface area contributed by atoms with Crippen LogP contribution in [0.15, 0.2) is 5.38 Å². The Morgan fingerprint density at radius 1 is 1.91 bits per heavy atom. The average Bonchev–Trinajstić information content (AvgIpc) is 2.34. The fraction of sp³-hybridized carbons (Fsp3) is 0.400. The predicted octanol–water partition coefficient (Wildman–Crippen LogP) is 1.31. The lowest BCUT2D eigenvalue weighted by molar-refractivity contribution is -0.445. The molecule has 11 heavy (non-hydrogen) atoms. The highest BCUT2D eigenvalue weighted by Crippen LogP contribution is 2.14. The van der Waals surface area contributed by atoms with Crippen LogP contribution in [0, 0.1) is 10.1 Å². The molecular formula is C5H7N3O2S. The number of aromatic nitrogens is 1. The summed E-state index contributed by atoms with van der Waals surface area (Å²) in [5, 5.41) is 11.5. The molecule has 0 fully saturated rings. The summed E-state index contributed by atoms with van der Waals surface area (Å²) in [5.41, 5.74) is 2.86. The zero-order valence-electron chi connectivity index (χ0n) is 5.90. The molecule has 0 aliphatic carbocycles. The smallest absolute Gasteiger partial charge is 0.234 e. The zero-order valence-corrected chi connectivity index (χ0v) is 6.72. The minimum absolute atomic E-state index is 0.340. The minimum Gasteiger partial charge on any atom is -0.234 e. The van der Waals surface area contributed by atoms with Crippen LogP contribution in [-0.4, -0.2) is 10.0 Å². The van der Waals surface area contributed by atoms with Crippen LogP contribution < -0.4 is 5.43 Å². The molecule has 1 aromatic heterocycles. The number of nitrogens with one attached hydrogen (secondary N) is 1. The first-order chi connectivity index (χ1) is 5.22. The van der Waals surface area contributed by atoms with E-state index in [1.54, 1.807) is 5.38 Å². The van der Waals surface area contributed by atoms with Crippen LogP contribution in [0.5, 0.6) is 0 Å². The lowest BCUT2D eigenvalue weighted by atomic mass is 10.4. The van der Waals surface area contributed by atoms with Gasteiger partial charge in [0.15, 0.2) is 5.03 Å². The first-order valence-electron chi connectivity index (χ1n) is 3.08. The molecule has 1 rings (SSSR count). The molecule has 1 aromatic rings. The third kappa shape index (κ3) is 2.15. The largest absolute Gasteiger partial charge is 0.246 e. The molecule has 0 aromatic carbocycles. The molecule has 1 heterocycles. The van der Waals surface area contributed by atoms with Crippen molar-refractivity contribution in [1.29, 1.82) is 0 Å². The number of thiazole rings is 1. The number of nitro groups is 1. The third-order valence-corrected chi connectivity index (χ3v) is 1.90. The molecule has 0 aliphatic rings. The van der Waals surface area contributed by atoms with E-state index in [0.29, 0.717) is 5.13 Å². The van der Waals surface area contributed by atoms with Gasteiger partial charge in [0, 0.05) is 5.38 Å². The van der Waals surface area contributed by atoms with Crippen molar-refractivity contribution in [1.82, 2.24) is 4.98 Å². The maximum absolute atomic E-state index is 9.93. The van der Waals surface area contributed by atoms with Crippen LogP contribution in [-0.2, 0) is 6.42 Å². The number of hydrogen-bond acceptors (Lipinski definition) is 4. The van der Waals surface area contributed by atoms with E-state index in [1.807, 2.05) is 12.3 Å². The summed E-state index contributed by atoms with van der Waals surface area (Å²) in [6.07, 6.45) is 0.801. The quantitative estimate of drug-likeness (QED) is 0.552. The van der Waals surface area contributed by atoms with Gasteiger partial charge in [0.05, 0.1) is 5.69 Å². The first kappa shape index (κ1) is 7.93. The van der Waals surface area contributed by atoms with Crippen molar-refractivity contribution in [3.8, 4) is 0 Å². The Labute approximate surface area is 67.2 Å². The second kappa shape index (κ2) is 3.29. The molecule has 0 spiro atoms. The summed E-state index contributed by atoms with van der Waals surface area (Å²) in [6.45, 7) is 1.95. The molecule has 0 amide bonds. The van der Waals surface area contributed by atoms with Gasteiger partial charge in [-0.15, -0.1) is 0 Å². The highest BCUT2D eigenvalue weighted by atomic mass is 32.1. The molecule has 0 saturated heterocycles. The van der Waals surface area contributed by atoms with Gasteiger partial charge in [-0.3, -0.25) is 0 Å². The minimum atomic E-state index is -0.613. The second-order valence-corrected chi connectivity index (χ2v) is 2.72. The fourth-order valence-electron chi connectivity index (χ4n) is 0.599. The van der Waals surface area contributed by atoms with E-state index in [1.165, 1.54) is 11.3 Å². The monoisotopic (exact) mass is 173 g/mol. The Hall–Kier alpha value is -1.17. The SMILES string of the molecule is CCc1csc(N[N+](=O)[O-])n1. The molecular weight excluding hydrogens is 166 g/mol. The van der Waals surface area contributed by atoms with Gasteiger partial charge < -0.3 is 0 Å². The molecule has 0 bridgehead atoms. The van der Waals surface area contributed by atoms with Crippen molar-refractivity contribution in [2.24, 2.45) is 0 Å². The second-order valence-electron chi connectivity index (χ2n) is 1.87. The lowest BCUT2D eigenvalue weighted by Gasteiger charge is -1.87. The highest BCUT2D eigenvalue weighted by molar-refractivity contribution is 7.13. The Morgan fingerprint density at radius 2 is 2.64 bits per heavy atom. The Morgan fingerprint density at radius 3 is 3.09 bits per heavy atom. The van der Waals surface area contributed by atoms with Crippen LogP contribution in [0.3, 0.4) is 0 Å². The molecule has 0 saturated carbocycles. The van der Waals surface area contributed by atoms with Crippen molar-refractivity contribution in [2.75, 3.05) is 5.43 Å². The van der Waals surface area contributed by atoms with Crippen LogP contribution in [0.1, 0.15) is 12.6 Å². The van der Waals surface area contributed by atoms with Crippen molar-refractivity contribution in [3.05, 3.63) is 21.2 Å². The Kier molecular flexibility index (Phi) is 2.37. The average molecular weight is 173 g/mol. The van der Waals surface area contributed by atoms with Gasteiger partial charge in [-0.2, -0.15) is 0 Å². The molecule has 5 nitrogen and oxygen atoms in total. The molecule has 60 valence electrons. The fourth-order valence-corrected chi connectivity index (χ4v) is 1.36. The zero-order chi connectivity index (χ0) is 8.27. The number of hydrogen-bond donors (Lipinski definition) is 1. The van der Waals surface area contributed by atoms with Crippen LogP contribution in [0.25, 0.3) is 0 Å². The molecule has 0 atom stereocenters. The van der Waals surface area contributed by atoms with E-state index in [2.05, 4.69) is 4.98 Å². The number of hydrazine groups is 1. The highest BCUT2D eigenvalue weighted by Gasteiger charge is 2.03. The van der Waals surface area contributed by atoms with Crippen LogP contribution >= 0.6 is 11.3 Å². The topological polar surface area (TPSA) is 68.1 Å². The number of anilines is 1. The van der Waals surface area contributed by atoms with E-state index >= 15 is 0 Å². The predicted molar refractivity (Wildman–Crippen MR) is 42.1 cm³/mol. The van der Waals surface area contributed by atoms with E-state index in [-0.39, 0.29) is 0 Å². The maximum atomic E-state index is 9.93. The van der Waals surface area contributed by atoms with E-state index < -0.39 is 5.03 Å². The summed E-state index contributed by atoms with van der Waals surface area (Å²) in [6, 6.07) is 0. The van der Waals surface area contributed by atoms with Gasteiger partial charge in [-0.1, -0.05) is 23.7 Å². The van der Waals surface area contributed by atoms with E-state index in [4.69, 9.17) is 0 Å². The third-order valence-electron chi connectivity index (χ3n) is 1.10. The normalized spacial score (nSPS) is 9.55. The summed E-state index contributed by atoms with van der Waals surface area (Å²) in [4.78, 5) is 13.9. The lowest BCUT2D eigenvalue weighted by Crippen LogP contribution is -2.07. The van der Waals surface area contributed by atoms with Crippen LogP contribution in [0.2, 0.25) is 0 Å². The first-order valence-corrected chi connectivity index (χ1v) is 3.95. The summed E-state index contributed by atoms with van der Waals surface area (Å²) in [5.74, 6) is 0. The van der Waals surface area contributed by atoms with Gasteiger partial charge in [0.25, 0.3) is 0 Å². The van der Waals surface area contributed by atoms with Crippen molar-refractivity contribution in [3.63, 3.8) is 0 Å².